The lowest BCUT2D eigenvalue weighted by molar-refractivity contribution is -0.145. The second-order valence-electron chi connectivity index (χ2n) is 3.03. The molecule has 0 aliphatic heterocycles. The summed E-state index contributed by atoms with van der Waals surface area (Å²) in [5.41, 5.74) is 4.81. The second kappa shape index (κ2) is 6.38. The Bertz CT molecular complexity index is 314. The number of amides is 2. The quantitative estimate of drug-likeness (QED) is 0.384. The number of hydrogen-bond acceptors (Lipinski definition) is 4. The first-order valence-corrected chi connectivity index (χ1v) is 4.35. The van der Waals surface area contributed by atoms with Crippen molar-refractivity contribution in [2.45, 2.75) is 25.3 Å². The molecule has 0 aromatic carbocycles. The third kappa shape index (κ3) is 6.35. The average Bonchev–Trinajstić information content (AvgIpc) is 2.09. The number of carbonyl (C=O) groups excluding carboxylic acids is 2. The van der Waals surface area contributed by atoms with Crippen molar-refractivity contribution < 1.29 is 29.4 Å². The highest BCUT2D eigenvalue weighted by Crippen LogP contribution is 1.98. The highest BCUT2D eigenvalue weighted by atomic mass is 16.4. The minimum absolute atomic E-state index is 0.171. The predicted molar refractivity (Wildman–Crippen MR) is 50.2 cm³/mol. The second-order valence-corrected chi connectivity index (χ2v) is 3.03. The summed E-state index contributed by atoms with van der Waals surface area (Å²) in [6.45, 7) is 0. The summed E-state index contributed by atoms with van der Waals surface area (Å²) in [5, 5.41) is 18.9. The lowest BCUT2D eigenvalue weighted by Crippen LogP contribution is -2.42. The monoisotopic (exact) mass is 232 g/mol. The minimum atomic E-state index is -1.36. The molecule has 90 valence electrons. The maximum Gasteiger partial charge on any atom is 0.326 e. The first-order valence-electron chi connectivity index (χ1n) is 4.35. The van der Waals surface area contributed by atoms with Crippen LogP contribution in [0.2, 0.25) is 0 Å². The molecule has 0 aliphatic rings. The maximum absolute atomic E-state index is 10.9. The maximum atomic E-state index is 10.9. The molecule has 16 heavy (non-hydrogen) atoms. The Balaban J connectivity index is 4.22. The van der Waals surface area contributed by atoms with E-state index in [-0.39, 0.29) is 12.8 Å². The molecule has 0 bridgehead atoms. The van der Waals surface area contributed by atoms with Crippen molar-refractivity contribution in [2.75, 3.05) is 0 Å². The fourth-order valence-electron chi connectivity index (χ4n) is 0.927. The van der Waals surface area contributed by atoms with E-state index in [0.717, 1.165) is 0 Å². The summed E-state index contributed by atoms with van der Waals surface area (Å²) in [7, 11) is 0. The van der Waals surface area contributed by atoms with Gasteiger partial charge in [0, 0.05) is 6.42 Å². The van der Waals surface area contributed by atoms with E-state index in [9.17, 15) is 19.2 Å². The van der Waals surface area contributed by atoms with Crippen LogP contribution in [0.1, 0.15) is 19.3 Å². The number of nitrogens with one attached hydrogen (secondary N) is 1. The van der Waals surface area contributed by atoms with Crippen molar-refractivity contribution >= 4 is 23.8 Å². The molecule has 5 N–H and O–H groups in total. The van der Waals surface area contributed by atoms with Crippen LogP contribution in [0.25, 0.3) is 0 Å². The third-order valence-corrected chi connectivity index (χ3v) is 1.62. The van der Waals surface area contributed by atoms with Gasteiger partial charge in [0.2, 0.25) is 11.8 Å². The third-order valence-electron chi connectivity index (χ3n) is 1.62. The van der Waals surface area contributed by atoms with E-state index < -0.39 is 36.2 Å². The van der Waals surface area contributed by atoms with Gasteiger partial charge in [0.15, 0.2) is 0 Å². The molecule has 2 amide bonds. The Hall–Kier alpha value is -2.12. The van der Waals surface area contributed by atoms with Crippen LogP contribution in [-0.2, 0) is 19.2 Å². The average molecular weight is 232 g/mol. The van der Waals surface area contributed by atoms with Crippen molar-refractivity contribution in [3.63, 3.8) is 0 Å². The van der Waals surface area contributed by atoms with Crippen LogP contribution in [0, 0.1) is 0 Å². The summed E-state index contributed by atoms with van der Waals surface area (Å²) in [6, 6.07) is -1.31. The number of primary amides is 1. The van der Waals surface area contributed by atoms with Crippen LogP contribution in [0.3, 0.4) is 0 Å². The standard InChI is InChI=1S/C8H12N2O6/c9-5(11)2-1-4(8(15)16)10-6(12)3-7(13)14/h4H,1-3H2,(H2,9,11)(H,10,12)(H,13,14)(H,15,16)/t4-/m0/s1. The number of rotatable bonds is 7. The summed E-state index contributed by atoms with van der Waals surface area (Å²) < 4.78 is 0. The smallest absolute Gasteiger partial charge is 0.326 e. The van der Waals surface area contributed by atoms with E-state index in [2.05, 4.69) is 0 Å². The van der Waals surface area contributed by atoms with Gasteiger partial charge < -0.3 is 21.3 Å². The van der Waals surface area contributed by atoms with Crippen LogP contribution in [0.4, 0.5) is 0 Å². The summed E-state index contributed by atoms with van der Waals surface area (Å²) >= 11 is 0. The van der Waals surface area contributed by atoms with Crippen molar-refractivity contribution in [1.29, 1.82) is 0 Å². The van der Waals surface area contributed by atoms with Gasteiger partial charge in [-0.05, 0) is 6.42 Å². The molecule has 0 aliphatic carbocycles. The van der Waals surface area contributed by atoms with E-state index >= 15 is 0 Å². The Morgan fingerprint density at radius 1 is 1.19 bits per heavy atom. The van der Waals surface area contributed by atoms with Crippen LogP contribution in [0.5, 0.6) is 0 Å². The van der Waals surface area contributed by atoms with Gasteiger partial charge >= 0.3 is 11.9 Å². The number of carboxylic acid groups (broad SMARTS) is 2. The lowest BCUT2D eigenvalue weighted by atomic mass is 10.1. The molecule has 8 nitrogen and oxygen atoms in total. The fourth-order valence-corrected chi connectivity index (χ4v) is 0.927. The zero-order valence-corrected chi connectivity index (χ0v) is 8.30. The molecule has 0 rings (SSSR count). The van der Waals surface area contributed by atoms with Gasteiger partial charge in [0.05, 0.1) is 0 Å². The van der Waals surface area contributed by atoms with Crippen molar-refractivity contribution in [3.05, 3.63) is 0 Å². The fraction of sp³-hybridized carbons (Fsp3) is 0.500. The van der Waals surface area contributed by atoms with Crippen LogP contribution >= 0.6 is 0 Å². The van der Waals surface area contributed by atoms with Gasteiger partial charge in [-0.25, -0.2) is 4.79 Å². The van der Waals surface area contributed by atoms with Gasteiger partial charge in [0.25, 0.3) is 0 Å². The first kappa shape index (κ1) is 13.9. The van der Waals surface area contributed by atoms with Gasteiger partial charge in [0.1, 0.15) is 12.5 Å². The number of hydrogen-bond donors (Lipinski definition) is 4. The Morgan fingerprint density at radius 2 is 1.75 bits per heavy atom. The molecular formula is C8H12N2O6. The highest BCUT2D eigenvalue weighted by Gasteiger charge is 2.21. The van der Waals surface area contributed by atoms with Gasteiger partial charge in [-0.15, -0.1) is 0 Å². The minimum Gasteiger partial charge on any atom is -0.481 e. The molecule has 0 fully saturated rings. The topological polar surface area (TPSA) is 147 Å². The molecule has 0 aromatic rings. The highest BCUT2D eigenvalue weighted by molar-refractivity contribution is 5.95. The first-order chi connectivity index (χ1) is 7.32. The molecule has 0 aromatic heterocycles. The zero-order chi connectivity index (χ0) is 12.7. The van der Waals surface area contributed by atoms with Crippen molar-refractivity contribution in [2.24, 2.45) is 5.73 Å². The summed E-state index contributed by atoms with van der Waals surface area (Å²) in [5.74, 6) is -4.33. The van der Waals surface area contributed by atoms with Crippen molar-refractivity contribution in [1.82, 2.24) is 5.32 Å². The van der Waals surface area contributed by atoms with E-state index in [1.54, 1.807) is 0 Å². The normalized spacial score (nSPS) is 11.5. The summed E-state index contributed by atoms with van der Waals surface area (Å²) in [6.07, 6.45) is -1.19. The van der Waals surface area contributed by atoms with E-state index in [4.69, 9.17) is 15.9 Å². The number of carbonyl (C=O) groups is 4. The number of nitrogens with two attached hydrogens (primary N) is 1. The zero-order valence-electron chi connectivity index (χ0n) is 8.30. The van der Waals surface area contributed by atoms with Crippen LogP contribution in [-0.4, -0.2) is 40.0 Å². The Morgan fingerprint density at radius 3 is 2.12 bits per heavy atom. The summed E-state index contributed by atoms with van der Waals surface area (Å²) in [4.78, 5) is 42.1. The molecule has 0 spiro atoms. The molecule has 0 saturated carbocycles. The largest absolute Gasteiger partial charge is 0.481 e. The Kier molecular flexibility index (Phi) is 5.53. The van der Waals surface area contributed by atoms with Gasteiger partial charge in [-0.2, -0.15) is 0 Å². The van der Waals surface area contributed by atoms with Crippen LogP contribution < -0.4 is 11.1 Å². The predicted octanol–water partition coefficient (Wildman–Crippen LogP) is -1.70. The van der Waals surface area contributed by atoms with Gasteiger partial charge in [-0.3, -0.25) is 14.4 Å². The van der Waals surface area contributed by atoms with Gasteiger partial charge in [-0.1, -0.05) is 0 Å². The van der Waals surface area contributed by atoms with Crippen LogP contribution in [0.15, 0.2) is 0 Å². The number of carboxylic acids is 2. The van der Waals surface area contributed by atoms with E-state index in [1.807, 2.05) is 5.32 Å². The molecule has 0 unspecified atom stereocenters. The molecular weight excluding hydrogens is 220 g/mol. The Labute approximate surface area is 90.4 Å². The molecule has 0 radical (unpaired) electrons. The SMILES string of the molecule is NC(=O)CC[C@H](NC(=O)CC(=O)O)C(=O)O. The van der Waals surface area contributed by atoms with E-state index in [0.29, 0.717) is 0 Å². The molecule has 8 heteroatoms. The lowest BCUT2D eigenvalue weighted by Gasteiger charge is -2.12. The molecule has 1 atom stereocenters. The number of aliphatic carboxylic acids is 2. The van der Waals surface area contributed by atoms with E-state index in [1.165, 1.54) is 0 Å². The molecule has 0 saturated heterocycles. The van der Waals surface area contributed by atoms with Crippen molar-refractivity contribution in [3.8, 4) is 0 Å². The molecule has 0 heterocycles.